The standard InChI is InChI=1S/C28H21N3O5/c1-29-21-9-6-19(7-10-21)18-35-22-11-13-23(14-12-22)36-27-15-8-20(17-30-27)16-26(32)31-25-5-3-2-4-24(25)28(33)34/h2-15,17H,16,18H2,(H,31,32)(H,33,34). The Morgan fingerprint density at radius 3 is 2.25 bits per heavy atom. The molecule has 0 atom stereocenters. The van der Waals surface area contributed by atoms with Gasteiger partial charge in [-0.1, -0.05) is 42.5 Å². The van der Waals surface area contributed by atoms with Crippen LogP contribution in [-0.4, -0.2) is 22.0 Å². The molecule has 2 N–H and O–H groups in total. The van der Waals surface area contributed by atoms with Crippen LogP contribution >= 0.6 is 0 Å². The molecule has 0 aliphatic rings. The van der Waals surface area contributed by atoms with Crippen LogP contribution in [0.3, 0.4) is 0 Å². The number of aromatic carboxylic acids is 1. The van der Waals surface area contributed by atoms with Gasteiger partial charge in [0.05, 0.1) is 24.2 Å². The van der Waals surface area contributed by atoms with Gasteiger partial charge in [-0.25, -0.2) is 14.6 Å². The van der Waals surface area contributed by atoms with Crippen LogP contribution < -0.4 is 14.8 Å². The van der Waals surface area contributed by atoms with Crippen LogP contribution in [-0.2, 0) is 17.8 Å². The van der Waals surface area contributed by atoms with E-state index in [2.05, 4.69) is 15.1 Å². The lowest BCUT2D eigenvalue weighted by Gasteiger charge is -2.09. The summed E-state index contributed by atoms with van der Waals surface area (Å²) < 4.78 is 11.5. The van der Waals surface area contributed by atoms with Gasteiger partial charge in [0.2, 0.25) is 11.8 Å². The molecule has 0 aliphatic carbocycles. The minimum absolute atomic E-state index is 0.0272. The Bertz CT molecular complexity index is 1390. The van der Waals surface area contributed by atoms with Crippen molar-refractivity contribution in [2.24, 2.45) is 0 Å². The zero-order valence-corrected chi connectivity index (χ0v) is 19.0. The fourth-order valence-electron chi connectivity index (χ4n) is 3.29. The monoisotopic (exact) mass is 479 g/mol. The van der Waals surface area contributed by atoms with Crippen molar-refractivity contribution in [3.05, 3.63) is 119 Å². The molecule has 8 heteroatoms. The van der Waals surface area contributed by atoms with Crippen LogP contribution in [0.15, 0.2) is 91.1 Å². The van der Waals surface area contributed by atoms with Crippen LogP contribution in [0.4, 0.5) is 11.4 Å². The maximum atomic E-state index is 12.4. The first-order valence-corrected chi connectivity index (χ1v) is 10.9. The lowest BCUT2D eigenvalue weighted by atomic mass is 10.1. The first-order chi connectivity index (χ1) is 17.5. The predicted molar refractivity (Wildman–Crippen MR) is 134 cm³/mol. The summed E-state index contributed by atoms with van der Waals surface area (Å²) in [6.45, 7) is 7.38. The lowest BCUT2D eigenvalue weighted by molar-refractivity contribution is -0.115. The molecule has 36 heavy (non-hydrogen) atoms. The quantitative estimate of drug-likeness (QED) is 0.291. The molecule has 3 aromatic carbocycles. The number of pyridine rings is 1. The second-order valence-corrected chi connectivity index (χ2v) is 7.72. The molecule has 178 valence electrons. The second kappa shape index (κ2) is 11.3. The molecule has 0 fully saturated rings. The van der Waals surface area contributed by atoms with Crippen LogP contribution in [0.2, 0.25) is 0 Å². The Kier molecular flexibility index (Phi) is 7.54. The summed E-state index contributed by atoms with van der Waals surface area (Å²) in [4.78, 5) is 31.3. The van der Waals surface area contributed by atoms with Crippen molar-refractivity contribution in [3.63, 3.8) is 0 Å². The van der Waals surface area contributed by atoms with E-state index in [1.54, 1.807) is 66.7 Å². The number of nitrogens with zero attached hydrogens (tertiary/aromatic N) is 2. The molecular formula is C28H21N3O5. The van der Waals surface area contributed by atoms with Crippen LogP contribution in [0.25, 0.3) is 4.85 Å². The van der Waals surface area contributed by atoms with Gasteiger partial charge < -0.3 is 19.9 Å². The summed E-state index contributed by atoms with van der Waals surface area (Å²) in [6, 6.07) is 23.9. The Hall–Kier alpha value is -5.16. The average Bonchev–Trinajstić information content (AvgIpc) is 2.90. The number of rotatable bonds is 9. The SMILES string of the molecule is [C-]#[N+]c1ccc(COc2ccc(Oc3ccc(CC(=O)Nc4ccccc4C(=O)O)cn3)cc2)cc1. The van der Waals surface area contributed by atoms with E-state index in [0.29, 0.717) is 35.2 Å². The third kappa shape index (κ3) is 6.46. The van der Waals surface area contributed by atoms with Gasteiger partial charge in [-0.15, -0.1) is 0 Å². The second-order valence-electron chi connectivity index (χ2n) is 7.72. The molecule has 0 unspecified atom stereocenters. The number of nitrogens with one attached hydrogen (secondary N) is 1. The van der Waals surface area contributed by atoms with Gasteiger partial charge in [0.15, 0.2) is 5.69 Å². The Balaban J connectivity index is 1.28. The zero-order chi connectivity index (χ0) is 25.3. The maximum Gasteiger partial charge on any atom is 0.337 e. The fourth-order valence-corrected chi connectivity index (χ4v) is 3.29. The van der Waals surface area contributed by atoms with E-state index in [-0.39, 0.29) is 23.6 Å². The minimum atomic E-state index is -1.11. The summed E-state index contributed by atoms with van der Waals surface area (Å²) in [5.41, 5.74) is 2.48. The largest absolute Gasteiger partial charge is 0.489 e. The minimum Gasteiger partial charge on any atom is -0.489 e. The fraction of sp³-hybridized carbons (Fsp3) is 0.0714. The molecule has 0 saturated carbocycles. The number of amides is 1. The summed E-state index contributed by atoms with van der Waals surface area (Å²) in [5.74, 6) is 0.157. The van der Waals surface area contributed by atoms with E-state index < -0.39 is 5.97 Å². The number of para-hydroxylation sites is 1. The molecule has 4 aromatic rings. The van der Waals surface area contributed by atoms with Crippen molar-refractivity contribution >= 4 is 23.3 Å². The number of hydrogen-bond donors (Lipinski definition) is 2. The number of benzene rings is 3. The highest BCUT2D eigenvalue weighted by Crippen LogP contribution is 2.24. The van der Waals surface area contributed by atoms with Crippen molar-refractivity contribution in [3.8, 4) is 17.4 Å². The van der Waals surface area contributed by atoms with E-state index in [1.165, 1.54) is 12.3 Å². The highest BCUT2D eigenvalue weighted by molar-refractivity contribution is 6.00. The van der Waals surface area contributed by atoms with Crippen LogP contribution in [0, 0.1) is 6.57 Å². The van der Waals surface area contributed by atoms with Gasteiger partial charge in [-0.05, 0) is 47.5 Å². The highest BCUT2D eigenvalue weighted by Gasteiger charge is 2.12. The van der Waals surface area contributed by atoms with E-state index >= 15 is 0 Å². The zero-order valence-electron chi connectivity index (χ0n) is 19.0. The van der Waals surface area contributed by atoms with Gasteiger partial charge in [-0.2, -0.15) is 0 Å². The van der Waals surface area contributed by atoms with Crippen molar-refractivity contribution in [2.75, 3.05) is 5.32 Å². The Morgan fingerprint density at radius 2 is 1.58 bits per heavy atom. The first kappa shape index (κ1) is 24.0. The van der Waals surface area contributed by atoms with E-state index in [1.807, 2.05) is 12.1 Å². The molecule has 0 bridgehead atoms. The van der Waals surface area contributed by atoms with Crippen molar-refractivity contribution in [1.82, 2.24) is 4.98 Å². The Labute approximate surface area is 207 Å². The number of hydrogen-bond acceptors (Lipinski definition) is 5. The van der Waals surface area contributed by atoms with Crippen LogP contribution in [0.1, 0.15) is 21.5 Å². The van der Waals surface area contributed by atoms with E-state index in [0.717, 1.165) is 5.56 Å². The number of carbonyl (C=O) groups excluding carboxylic acids is 1. The molecule has 4 rings (SSSR count). The van der Waals surface area contributed by atoms with E-state index in [9.17, 15) is 14.7 Å². The molecular weight excluding hydrogens is 458 g/mol. The van der Waals surface area contributed by atoms with Gasteiger partial charge in [0.25, 0.3) is 0 Å². The van der Waals surface area contributed by atoms with Gasteiger partial charge >= 0.3 is 5.97 Å². The summed E-state index contributed by atoms with van der Waals surface area (Å²) in [7, 11) is 0. The van der Waals surface area contributed by atoms with Gasteiger partial charge in [0, 0.05) is 12.3 Å². The van der Waals surface area contributed by atoms with Crippen molar-refractivity contribution < 1.29 is 24.2 Å². The van der Waals surface area contributed by atoms with Crippen LogP contribution in [0.5, 0.6) is 17.4 Å². The van der Waals surface area contributed by atoms with E-state index in [4.69, 9.17) is 16.0 Å². The topological polar surface area (TPSA) is 102 Å². The predicted octanol–water partition coefficient (Wildman–Crippen LogP) is 5.88. The normalized spacial score (nSPS) is 10.2. The third-order valence-electron chi connectivity index (χ3n) is 5.11. The third-order valence-corrected chi connectivity index (χ3v) is 5.11. The smallest absolute Gasteiger partial charge is 0.337 e. The molecule has 0 saturated heterocycles. The molecule has 0 aliphatic heterocycles. The molecule has 8 nitrogen and oxygen atoms in total. The number of carboxylic acids is 1. The summed E-state index contributed by atoms with van der Waals surface area (Å²) in [6.07, 6.45) is 1.57. The molecule has 0 spiro atoms. The van der Waals surface area contributed by atoms with Crippen molar-refractivity contribution in [1.29, 1.82) is 0 Å². The molecule has 1 aromatic heterocycles. The lowest BCUT2D eigenvalue weighted by Crippen LogP contribution is -2.16. The maximum absolute atomic E-state index is 12.4. The van der Waals surface area contributed by atoms with Gasteiger partial charge in [-0.3, -0.25) is 4.79 Å². The number of aromatic nitrogens is 1. The Morgan fingerprint density at radius 1 is 0.889 bits per heavy atom. The average molecular weight is 479 g/mol. The highest BCUT2D eigenvalue weighted by atomic mass is 16.5. The number of carbonyl (C=O) groups is 2. The first-order valence-electron chi connectivity index (χ1n) is 10.9. The van der Waals surface area contributed by atoms with Gasteiger partial charge in [0.1, 0.15) is 18.1 Å². The summed E-state index contributed by atoms with van der Waals surface area (Å²) in [5, 5.41) is 11.9. The molecule has 0 radical (unpaired) electrons. The number of anilines is 1. The number of ether oxygens (including phenoxy) is 2. The summed E-state index contributed by atoms with van der Waals surface area (Å²) >= 11 is 0. The number of carboxylic acid groups (broad SMARTS) is 1. The molecule has 1 amide bonds. The van der Waals surface area contributed by atoms with Crippen molar-refractivity contribution in [2.45, 2.75) is 13.0 Å². The molecule has 1 heterocycles.